The van der Waals surface area contributed by atoms with Crippen molar-refractivity contribution in [3.05, 3.63) is 35.9 Å². The van der Waals surface area contributed by atoms with Gasteiger partial charge in [-0.05, 0) is 54.9 Å². The lowest BCUT2D eigenvalue weighted by Gasteiger charge is -2.22. The number of esters is 1. The Kier molecular flexibility index (Phi) is 10.3. The molecule has 0 fully saturated rings. The molecule has 1 aromatic rings. The molecule has 1 aliphatic carbocycles. The summed E-state index contributed by atoms with van der Waals surface area (Å²) in [5, 5.41) is 0. The van der Waals surface area contributed by atoms with Crippen LogP contribution >= 0.6 is 0 Å². The minimum absolute atomic E-state index is 0.116. The zero-order valence-electron chi connectivity index (χ0n) is 17.5. The highest BCUT2D eigenvalue weighted by Crippen LogP contribution is 2.33. The summed E-state index contributed by atoms with van der Waals surface area (Å²) in [6, 6.07) is 8.08. The lowest BCUT2D eigenvalue weighted by Crippen LogP contribution is -2.07. The summed E-state index contributed by atoms with van der Waals surface area (Å²) < 4.78 is 5.43. The third-order valence-corrected chi connectivity index (χ3v) is 5.68. The Labute approximate surface area is 166 Å². The van der Waals surface area contributed by atoms with Gasteiger partial charge in [-0.1, -0.05) is 83.4 Å². The van der Waals surface area contributed by atoms with Crippen LogP contribution in [0.5, 0.6) is 5.75 Å². The zero-order valence-corrected chi connectivity index (χ0v) is 17.5. The molecule has 0 amide bonds. The van der Waals surface area contributed by atoms with Gasteiger partial charge in [-0.25, -0.2) is 0 Å². The van der Waals surface area contributed by atoms with E-state index in [0.29, 0.717) is 12.2 Å². The zero-order chi connectivity index (χ0) is 19.3. The molecule has 0 aliphatic heterocycles. The van der Waals surface area contributed by atoms with E-state index < -0.39 is 0 Å². The number of carbonyl (C=O) groups excluding carboxylic acids is 1. The molecule has 0 spiro atoms. The molecule has 0 heterocycles. The fourth-order valence-corrected chi connectivity index (χ4v) is 3.89. The fourth-order valence-electron chi connectivity index (χ4n) is 3.89. The average molecular weight is 371 g/mol. The second kappa shape index (κ2) is 12.8. The highest BCUT2D eigenvalue weighted by atomic mass is 16.5. The number of hydrogen-bond acceptors (Lipinski definition) is 2. The molecule has 1 aromatic carbocycles. The van der Waals surface area contributed by atoms with Gasteiger partial charge in [0.1, 0.15) is 5.75 Å². The predicted molar refractivity (Wildman–Crippen MR) is 115 cm³/mol. The molecular formula is C25H38O2. The number of hydrogen-bond donors (Lipinski definition) is 0. The Morgan fingerprint density at radius 1 is 0.963 bits per heavy atom. The summed E-state index contributed by atoms with van der Waals surface area (Å²) in [5.41, 5.74) is 2.74. The van der Waals surface area contributed by atoms with Crippen LogP contribution in [0, 0.1) is 5.92 Å². The predicted octanol–water partition coefficient (Wildman–Crippen LogP) is 7.72. The summed E-state index contributed by atoms with van der Waals surface area (Å²) >= 11 is 0. The Morgan fingerprint density at radius 2 is 1.67 bits per heavy atom. The van der Waals surface area contributed by atoms with E-state index in [4.69, 9.17) is 4.74 Å². The number of carbonyl (C=O) groups is 1. The summed E-state index contributed by atoms with van der Waals surface area (Å²) in [7, 11) is 0. The van der Waals surface area contributed by atoms with Gasteiger partial charge in [-0.3, -0.25) is 4.79 Å². The lowest BCUT2D eigenvalue weighted by molar-refractivity contribution is -0.134. The van der Waals surface area contributed by atoms with Crippen LogP contribution in [-0.4, -0.2) is 5.97 Å². The molecule has 0 saturated carbocycles. The van der Waals surface area contributed by atoms with E-state index in [2.05, 4.69) is 32.1 Å². The Morgan fingerprint density at radius 3 is 2.33 bits per heavy atom. The first-order valence-corrected chi connectivity index (χ1v) is 11.2. The van der Waals surface area contributed by atoms with E-state index >= 15 is 0 Å². The van der Waals surface area contributed by atoms with Crippen LogP contribution in [0.4, 0.5) is 0 Å². The van der Waals surface area contributed by atoms with Crippen molar-refractivity contribution < 1.29 is 9.53 Å². The van der Waals surface area contributed by atoms with Crippen LogP contribution in [0.1, 0.15) is 103 Å². The smallest absolute Gasteiger partial charge is 0.311 e. The molecule has 0 radical (unpaired) electrons. The first-order valence-electron chi connectivity index (χ1n) is 11.2. The van der Waals surface area contributed by atoms with Crippen LogP contribution in [0.2, 0.25) is 0 Å². The normalized spacial score (nSPS) is 16.8. The van der Waals surface area contributed by atoms with Crippen molar-refractivity contribution in [2.24, 2.45) is 5.92 Å². The van der Waals surface area contributed by atoms with Crippen LogP contribution in [0.3, 0.4) is 0 Å². The second-order valence-corrected chi connectivity index (χ2v) is 8.03. The molecule has 0 aromatic heterocycles. The summed E-state index contributed by atoms with van der Waals surface area (Å²) in [4.78, 5) is 11.8. The maximum atomic E-state index is 11.8. The Bertz CT molecular complexity index is 570. The van der Waals surface area contributed by atoms with E-state index in [1.165, 1.54) is 68.9 Å². The van der Waals surface area contributed by atoms with Crippen molar-refractivity contribution in [1.29, 1.82) is 0 Å². The van der Waals surface area contributed by atoms with Crippen molar-refractivity contribution in [3.8, 4) is 5.75 Å². The monoisotopic (exact) mass is 370 g/mol. The lowest BCUT2D eigenvalue weighted by atomic mass is 9.84. The molecule has 1 unspecified atom stereocenters. The van der Waals surface area contributed by atoms with Crippen LogP contribution < -0.4 is 4.74 Å². The quantitative estimate of drug-likeness (QED) is 0.214. The maximum Gasteiger partial charge on any atom is 0.311 e. The molecule has 0 saturated heterocycles. The van der Waals surface area contributed by atoms with Gasteiger partial charge >= 0.3 is 5.97 Å². The van der Waals surface area contributed by atoms with Gasteiger partial charge in [0.2, 0.25) is 0 Å². The maximum absolute atomic E-state index is 11.8. The van der Waals surface area contributed by atoms with Crippen molar-refractivity contribution in [2.75, 3.05) is 0 Å². The van der Waals surface area contributed by atoms with E-state index in [9.17, 15) is 4.79 Å². The molecule has 150 valence electrons. The highest BCUT2D eigenvalue weighted by Gasteiger charge is 2.15. The number of benzene rings is 1. The van der Waals surface area contributed by atoms with Crippen LogP contribution in [0.15, 0.2) is 30.3 Å². The van der Waals surface area contributed by atoms with Crippen molar-refractivity contribution >= 4 is 11.5 Å². The number of unbranched alkanes of at least 4 members (excludes halogenated alkanes) is 6. The standard InChI is InChI=1S/C25H38O2/c1-3-5-7-8-10-11-21-13-15-22(16-14-21)23-17-19-24(20-18-23)27-25(26)12-9-6-4-2/h15,17-21H,3-14,16H2,1-2H3. The van der Waals surface area contributed by atoms with Crippen LogP contribution in [0.25, 0.3) is 5.57 Å². The van der Waals surface area contributed by atoms with Crippen molar-refractivity contribution in [2.45, 2.75) is 97.3 Å². The van der Waals surface area contributed by atoms with E-state index in [1.807, 2.05) is 12.1 Å². The molecule has 2 heteroatoms. The number of ether oxygens (including phenoxy) is 1. The fraction of sp³-hybridized carbons (Fsp3) is 0.640. The Balaban J connectivity index is 1.74. The minimum Gasteiger partial charge on any atom is -0.427 e. The van der Waals surface area contributed by atoms with E-state index in [0.717, 1.165) is 25.2 Å². The molecule has 2 nitrogen and oxygen atoms in total. The summed E-state index contributed by atoms with van der Waals surface area (Å²) in [6.45, 7) is 4.41. The molecule has 2 rings (SSSR count). The molecule has 1 atom stereocenters. The first-order chi connectivity index (χ1) is 13.2. The first kappa shape index (κ1) is 21.7. The highest BCUT2D eigenvalue weighted by molar-refractivity contribution is 5.73. The van der Waals surface area contributed by atoms with Crippen molar-refractivity contribution in [3.63, 3.8) is 0 Å². The SMILES string of the molecule is CCCCCCCC1CC=C(c2ccc(OC(=O)CCCCC)cc2)CC1. The van der Waals surface area contributed by atoms with Crippen LogP contribution in [-0.2, 0) is 4.79 Å². The van der Waals surface area contributed by atoms with Gasteiger partial charge in [0.25, 0.3) is 0 Å². The van der Waals surface area contributed by atoms with Gasteiger partial charge in [0, 0.05) is 6.42 Å². The molecular weight excluding hydrogens is 332 g/mol. The van der Waals surface area contributed by atoms with Gasteiger partial charge < -0.3 is 4.74 Å². The Hall–Kier alpha value is -1.57. The van der Waals surface area contributed by atoms with E-state index in [-0.39, 0.29) is 5.97 Å². The molecule has 1 aliphatic rings. The van der Waals surface area contributed by atoms with Crippen molar-refractivity contribution in [1.82, 2.24) is 0 Å². The largest absolute Gasteiger partial charge is 0.427 e. The van der Waals surface area contributed by atoms with Gasteiger partial charge in [-0.2, -0.15) is 0 Å². The third kappa shape index (κ3) is 8.32. The molecule has 0 bridgehead atoms. The minimum atomic E-state index is -0.116. The third-order valence-electron chi connectivity index (χ3n) is 5.68. The summed E-state index contributed by atoms with van der Waals surface area (Å²) in [6.07, 6.45) is 18.1. The topological polar surface area (TPSA) is 26.3 Å². The molecule has 0 N–H and O–H groups in total. The number of rotatable bonds is 12. The average Bonchev–Trinajstić information content (AvgIpc) is 2.69. The summed E-state index contributed by atoms with van der Waals surface area (Å²) in [5.74, 6) is 1.43. The number of allylic oxidation sites excluding steroid dienone is 2. The van der Waals surface area contributed by atoms with Gasteiger partial charge in [0.15, 0.2) is 0 Å². The van der Waals surface area contributed by atoms with Gasteiger partial charge in [-0.15, -0.1) is 0 Å². The van der Waals surface area contributed by atoms with Gasteiger partial charge in [0.05, 0.1) is 0 Å². The molecule has 27 heavy (non-hydrogen) atoms. The van der Waals surface area contributed by atoms with E-state index in [1.54, 1.807) is 0 Å². The second-order valence-electron chi connectivity index (χ2n) is 8.03.